The summed E-state index contributed by atoms with van der Waals surface area (Å²) in [5, 5.41) is 15.1. The summed E-state index contributed by atoms with van der Waals surface area (Å²) in [4.78, 5) is 16.1. The zero-order chi connectivity index (χ0) is 17.1. The maximum Gasteiger partial charge on any atom is 0.231 e. The fourth-order valence-corrected chi connectivity index (χ4v) is 2.35. The minimum atomic E-state index is -0.316. The van der Waals surface area contributed by atoms with Crippen LogP contribution in [0.3, 0.4) is 0 Å². The van der Waals surface area contributed by atoms with Crippen molar-refractivity contribution in [3.63, 3.8) is 0 Å². The van der Waals surface area contributed by atoms with E-state index in [4.69, 9.17) is 22.7 Å². The summed E-state index contributed by atoms with van der Waals surface area (Å²) in [5.74, 6) is 0.620. The van der Waals surface area contributed by atoms with Gasteiger partial charge < -0.3 is 11.1 Å². The van der Waals surface area contributed by atoms with E-state index in [1.54, 1.807) is 35.3 Å². The molecule has 24 heavy (non-hydrogen) atoms. The molecule has 4 N–H and O–H groups in total. The van der Waals surface area contributed by atoms with Gasteiger partial charge in [0.1, 0.15) is 5.84 Å². The molecule has 7 nitrogen and oxygen atoms in total. The number of amidine groups is 1. The van der Waals surface area contributed by atoms with Crippen LogP contribution in [-0.2, 0) is 11.2 Å². The van der Waals surface area contributed by atoms with Crippen LogP contribution >= 0.6 is 11.6 Å². The molecule has 1 amide bonds. The van der Waals surface area contributed by atoms with E-state index in [-0.39, 0.29) is 18.2 Å². The second-order valence-electron chi connectivity index (χ2n) is 5.64. The summed E-state index contributed by atoms with van der Waals surface area (Å²) in [7, 11) is 0. The number of amides is 1. The van der Waals surface area contributed by atoms with Crippen molar-refractivity contribution in [2.75, 3.05) is 0 Å². The van der Waals surface area contributed by atoms with Gasteiger partial charge in [-0.3, -0.25) is 10.2 Å². The molecule has 0 saturated heterocycles. The molecule has 2 aromatic rings. The molecule has 8 heteroatoms. The topological polar surface area (TPSA) is 110 Å². The van der Waals surface area contributed by atoms with Crippen LogP contribution in [0.25, 0.3) is 5.82 Å². The molecule has 0 aliphatic heterocycles. The number of hydrogen-bond donors (Lipinski definition) is 3. The van der Waals surface area contributed by atoms with Crippen molar-refractivity contribution < 1.29 is 4.79 Å². The van der Waals surface area contributed by atoms with Crippen molar-refractivity contribution in [1.29, 1.82) is 5.41 Å². The number of rotatable bonds is 5. The van der Waals surface area contributed by atoms with E-state index in [9.17, 15) is 4.79 Å². The Hall–Kier alpha value is -2.67. The van der Waals surface area contributed by atoms with Gasteiger partial charge in [-0.25, -0.2) is 9.67 Å². The van der Waals surface area contributed by atoms with Crippen LogP contribution in [0.4, 0.5) is 0 Å². The molecule has 0 aromatic carbocycles. The second kappa shape index (κ2) is 6.84. The van der Waals surface area contributed by atoms with Crippen LogP contribution in [0.1, 0.15) is 18.5 Å². The predicted octanol–water partition coefficient (Wildman–Crippen LogP) is 1.81. The Morgan fingerprint density at radius 3 is 3.00 bits per heavy atom. The Kier molecular flexibility index (Phi) is 4.61. The first-order valence-electron chi connectivity index (χ1n) is 7.53. The standard InChI is InChI=1S/C16H17ClN6O/c17-11-3-5-20-15(7-11)23-6-4-12(22-23)8-16(24)21-14(19)9-13(18)10-1-2-10/h3-7,9-10H,1-2,8,18H2,(H2,19,21,24)/b13-9-. The molecular formula is C16H17ClN6O. The van der Waals surface area contributed by atoms with E-state index >= 15 is 0 Å². The Balaban J connectivity index is 1.59. The van der Waals surface area contributed by atoms with E-state index < -0.39 is 0 Å². The molecular weight excluding hydrogens is 328 g/mol. The lowest BCUT2D eigenvalue weighted by Gasteiger charge is -2.04. The van der Waals surface area contributed by atoms with Crippen LogP contribution in [0.5, 0.6) is 0 Å². The molecule has 0 spiro atoms. The lowest BCUT2D eigenvalue weighted by atomic mass is 10.2. The van der Waals surface area contributed by atoms with E-state index in [1.165, 1.54) is 6.08 Å². The van der Waals surface area contributed by atoms with Gasteiger partial charge in [-0.2, -0.15) is 5.10 Å². The third kappa shape index (κ3) is 4.20. The first kappa shape index (κ1) is 16.2. The zero-order valence-corrected chi connectivity index (χ0v) is 13.6. The third-order valence-corrected chi connectivity index (χ3v) is 3.80. The van der Waals surface area contributed by atoms with Gasteiger partial charge in [0.2, 0.25) is 5.91 Å². The normalized spacial score (nSPS) is 14.5. The summed E-state index contributed by atoms with van der Waals surface area (Å²) in [6.07, 6.45) is 6.97. The van der Waals surface area contributed by atoms with Crippen molar-refractivity contribution in [2.45, 2.75) is 19.3 Å². The largest absolute Gasteiger partial charge is 0.402 e. The maximum absolute atomic E-state index is 12.0. The number of hydrogen-bond acceptors (Lipinski definition) is 5. The Bertz CT molecular complexity index is 808. The number of carbonyl (C=O) groups excluding carboxylic acids is 1. The summed E-state index contributed by atoms with van der Waals surface area (Å²) in [5.41, 5.74) is 7.04. The van der Waals surface area contributed by atoms with Gasteiger partial charge in [-0.15, -0.1) is 0 Å². The van der Waals surface area contributed by atoms with E-state index in [0.29, 0.717) is 28.1 Å². The predicted molar refractivity (Wildman–Crippen MR) is 90.9 cm³/mol. The lowest BCUT2D eigenvalue weighted by Crippen LogP contribution is -2.30. The molecule has 3 rings (SSSR count). The number of allylic oxidation sites excluding steroid dienone is 1. The van der Waals surface area contributed by atoms with Crippen LogP contribution in [0, 0.1) is 11.3 Å². The monoisotopic (exact) mass is 344 g/mol. The molecule has 2 aromatic heterocycles. The number of aromatic nitrogens is 3. The maximum atomic E-state index is 12.0. The first-order valence-corrected chi connectivity index (χ1v) is 7.91. The van der Waals surface area contributed by atoms with Crippen molar-refractivity contribution in [3.8, 4) is 5.82 Å². The summed E-state index contributed by atoms with van der Waals surface area (Å²) in [6.45, 7) is 0. The molecule has 0 bridgehead atoms. The van der Waals surface area contributed by atoms with Gasteiger partial charge >= 0.3 is 0 Å². The number of halogens is 1. The smallest absolute Gasteiger partial charge is 0.231 e. The zero-order valence-electron chi connectivity index (χ0n) is 12.9. The Morgan fingerprint density at radius 1 is 1.50 bits per heavy atom. The number of carbonyl (C=O) groups is 1. The van der Waals surface area contributed by atoms with Crippen LogP contribution in [0.15, 0.2) is 42.4 Å². The molecule has 1 fully saturated rings. The number of pyridine rings is 1. The van der Waals surface area contributed by atoms with E-state index in [0.717, 1.165) is 12.8 Å². The molecule has 0 unspecified atom stereocenters. The van der Waals surface area contributed by atoms with Crippen molar-refractivity contribution in [3.05, 3.63) is 53.1 Å². The highest BCUT2D eigenvalue weighted by molar-refractivity contribution is 6.30. The van der Waals surface area contributed by atoms with Gasteiger partial charge in [-0.05, 0) is 37.0 Å². The summed E-state index contributed by atoms with van der Waals surface area (Å²) < 4.78 is 1.55. The van der Waals surface area contributed by atoms with Crippen LogP contribution < -0.4 is 11.1 Å². The average molecular weight is 345 g/mol. The average Bonchev–Trinajstić information content (AvgIpc) is 3.27. The van der Waals surface area contributed by atoms with E-state index in [1.807, 2.05) is 0 Å². The number of nitrogens with one attached hydrogen (secondary N) is 2. The first-order chi connectivity index (χ1) is 11.5. The van der Waals surface area contributed by atoms with Gasteiger partial charge in [0.05, 0.1) is 12.1 Å². The van der Waals surface area contributed by atoms with Crippen molar-refractivity contribution in [2.24, 2.45) is 11.7 Å². The van der Waals surface area contributed by atoms with Crippen LogP contribution in [-0.4, -0.2) is 26.5 Å². The van der Waals surface area contributed by atoms with Gasteiger partial charge in [0.15, 0.2) is 5.82 Å². The highest BCUT2D eigenvalue weighted by Crippen LogP contribution is 2.33. The number of nitrogens with two attached hydrogens (primary N) is 1. The van der Waals surface area contributed by atoms with Gasteiger partial charge in [-0.1, -0.05) is 11.6 Å². The molecule has 1 aliphatic carbocycles. The summed E-state index contributed by atoms with van der Waals surface area (Å²) in [6, 6.07) is 5.08. The molecule has 1 saturated carbocycles. The molecule has 2 heterocycles. The fraction of sp³-hybridized carbons (Fsp3) is 0.250. The molecule has 0 radical (unpaired) electrons. The van der Waals surface area contributed by atoms with E-state index in [2.05, 4.69) is 15.4 Å². The molecule has 1 aliphatic rings. The van der Waals surface area contributed by atoms with Gasteiger partial charge in [0, 0.05) is 29.2 Å². The highest BCUT2D eigenvalue weighted by atomic mass is 35.5. The Labute approximate surface area is 144 Å². The van der Waals surface area contributed by atoms with Gasteiger partial charge in [0.25, 0.3) is 0 Å². The molecule has 124 valence electrons. The quantitative estimate of drug-likeness (QED) is 0.567. The van der Waals surface area contributed by atoms with Crippen molar-refractivity contribution >= 4 is 23.3 Å². The third-order valence-electron chi connectivity index (χ3n) is 3.56. The Morgan fingerprint density at radius 2 is 2.29 bits per heavy atom. The lowest BCUT2D eigenvalue weighted by molar-refractivity contribution is -0.119. The van der Waals surface area contributed by atoms with Crippen molar-refractivity contribution in [1.82, 2.24) is 20.1 Å². The minimum Gasteiger partial charge on any atom is -0.402 e. The SMILES string of the molecule is N=C(/C=C(\N)C1CC1)NC(=O)Cc1ccn(-c2cc(Cl)ccn2)n1. The van der Waals surface area contributed by atoms with Crippen LogP contribution in [0.2, 0.25) is 5.02 Å². The second-order valence-corrected chi connectivity index (χ2v) is 6.08. The highest BCUT2D eigenvalue weighted by Gasteiger charge is 2.24. The minimum absolute atomic E-state index is 0.000315. The number of nitrogens with zero attached hydrogens (tertiary/aromatic N) is 3. The fourth-order valence-electron chi connectivity index (χ4n) is 2.20. The summed E-state index contributed by atoms with van der Waals surface area (Å²) >= 11 is 5.93. The molecule has 0 atom stereocenters.